The molecule has 8 heteroatoms. The molecule has 1 aromatic carbocycles. The Hall–Kier alpha value is -3.80. The second-order valence-electron chi connectivity index (χ2n) is 9.10. The first-order valence-corrected chi connectivity index (χ1v) is 12.3. The fourth-order valence-electron chi connectivity index (χ4n) is 5.02. The van der Waals surface area contributed by atoms with Crippen LogP contribution in [-0.4, -0.2) is 53.4 Å². The number of rotatable bonds is 3. The predicted molar refractivity (Wildman–Crippen MR) is 134 cm³/mol. The quantitative estimate of drug-likeness (QED) is 0.551. The maximum atomic E-state index is 15.4. The highest BCUT2D eigenvalue weighted by atomic mass is 19.1. The number of ether oxygens (including phenoxy) is 2. The fourth-order valence-corrected chi connectivity index (χ4v) is 5.02. The monoisotopic (exact) mass is 483 g/mol. The number of pyridine rings is 1. The number of nitriles is 1. The standard InChI is InChI=1S/C28H26FN5O2/c29-23-15-26-32-24-9-12-36-28(20-7-5-19(16-30)6-8-20)27(24)34(26)18-22(23)21-3-1-2-4-25(31-17-21)33-10-13-35-14-11-33/h3-8,15,17-18,28H,1-2,9-14H2/b21-3?,25-4-,31-17?. The van der Waals surface area contributed by atoms with Crippen LogP contribution in [0.1, 0.15) is 47.0 Å². The van der Waals surface area contributed by atoms with Crippen molar-refractivity contribution in [2.24, 2.45) is 4.99 Å². The molecule has 5 heterocycles. The highest BCUT2D eigenvalue weighted by molar-refractivity contribution is 6.10. The lowest BCUT2D eigenvalue weighted by Gasteiger charge is -2.29. The maximum absolute atomic E-state index is 15.4. The summed E-state index contributed by atoms with van der Waals surface area (Å²) in [5.41, 5.74) is 5.14. The first-order valence-electron chi connectivity index (χ1n) is 12.3. The molecule has 36 heavy (non-hydrogen) atoms. The number of aromatic nitrogens is 2. The fraction of sp³-hybridized carbons (Fsp3) is 0.321. The molecule has 1 unspecified atom stereocenters. The molecule has 6 rings (SSSR count). The van der Waals surface area contributed by atoms with Crippen molar-refractivity contribution in [2.75, 3.05) is 32.9 Å². The molecule has 0 saturated carbocycles. The van der Waals surface area contributed by atoms with Crippen LogP contribution in [0, 0.1) is 17.1 Å². The normalized spacial score (nSPS) is 21.7. The minimum atomic E-state index is -0.342. The maximum Gasteiger partial charge on any atom is 0.140 e. The van der Waals surface area contributed by atoms with Crippen LogP contribution < -0.4 is 0 Å². The number of benzene rings is 1. The van der Waals surface area contributed by atoms with Gasteiger partial charge < -0.3 is 14.4 Å². The Labute approximate surface area is 208 Å². The Morgan fingerprint density at radius 3 is 2.67 bits per heavy atom. The zero-order chi connectivity index (χ0) is 24.5. The van der Waals surface area contributed by atoms with Gasteiger partial charge in [-0.1, -0.05) is 18.2 Å². The van der Waals surface area contributed by atoms with Crippen LogP contribution >= 0.6 is 0 Å². The molecule has 7 nitrogen and oxygen atoms in total. The molecule has 0 amide bonds. The largest absolute Gasteiger partial charge is 0.378 e. The number of hydrogen-bond donors (Lipinski definition) is 0. The van der Waals surface area contributed by atoms with Crippen molar-refractivity contribution in [3.05, 3.63) is 88.4 Å². The second-order valence-corrected chi connectivity index (χ2v) is 9.10. The van der Waals surface area contributed by atoms with Gasteiger partial charge in [-0.2, -0.15) is 5.26 Å². The van der Waals surface area contributed by atoms with Crippen LogP contribution in [0.2, 0.25) is 0 Å². The molecule has 0 aliphatic carbocycles. The van der Waals surface area contributed by atoms with E-state index >= 15 is 4.39 Å². The number of halogens is 1. The van der Waals surface area contributed by atoms with Gasteiger partial charge in [-0.15, -0.1) is 0 Å². The third kappa shape index (κ3) is 4.21. The Morgan fingerprint density at radius 1 is 1.06 bits per heavy atom. The first-order chi connectivity index (χ1) is 17.7. The minimum absolute atomic E-state index is 0.323. The van der Waals surface area contributed by atoms with Crippen molar-refractivity contribution in [1.29, 1.82) is 5.26 Å². The van der Waals surface area contributed by atoms with E-state index in [-0.39, 0.29) is 11.9 Å². The molecular weight excluding hydrogens is 457 g/mol. The summed E-state index contributed by atoms with van der Waals surface area (Å²) >= 11 is 0. The summed E-state index contributed by atoms with van der Waals surface area (Å²) in [7, 11) is 0. The molecule has 0 spiro atoms. The van der Waals surface area contributed by atoms with Crippen LogP contribution in [0.3, 0.4) is 0 Å². The van der Waals surface area contributed by atoms with Crippen molar-refractivity contribution in [1.82, 2.24) is 14.3 Å². The number of fused-ring (bicyclic) bond motifs is 3. The number of morpholine rings is 1. The van der Waals surface area contributed by atoms with E-state index in [2.05, 4.69) is 17.0 Å². The van der Waals surface area contributed by atoms with Crippen LogP contribution in [-0.2, 0) is 15.9 Å². The average Bonchev–Trinajstić information content (AvgIpc) is 3.26. The van der Waals surface area contributed by atoms with Crippen LogP contribution in [0.5, 0.6) is 0 Å². The SMILES string of the molecule is N#Cc1ccc(C2OCCc3nc4cc(F)c(C5=CCC/C=C(\N6CCOCC6)N=C5)cn4c32)cc1. The van der Waals surface area contributed by atoms with Gasteiger partial charge in [0.25, 0.3) is 0 Å². The van der Waals surface area contributed by atoms with E-state index in [1.54, 1.807) is 18.3 Å². The molecular formula is C28H26FN5O2. The molecule has 0 radical (unpaired) electrons. The molecule has 3 aliphatic rings. The van der Waals surface area contributed by atoms with Crippen molar-refractivity contribution in [2.45, 2.75) is 25.4 Å². The second kappa shape index (κ2) is 9.69. The summed E-state index contributed by atoms with van der Waals surface area (Å²) in [6.45, 7) is 3.52. The zero-order valence-electron chi connectivity index (χ0n) is 19.9. The van der Waals surface area contributed by atoms with E-state index in [9.17, 15) is 0 Å². The van der Waals surface area contributed by atoms with Gasteiger partial charge in [-0.25, -0.2) is 14.4 Å². The van der Waals surface area contributed by atoms with Crippen molar-refractivity contribution >= 4 is 17.4 Å². The molecule has 0 bridgehead atoms. The van der Waals surface area contributed by atoms with Gasteiger partial charge in [0.15, 0.2) is 0 Å². The van der Waals surface area contributed by atoms with E-state index < -0.39 is 0 Å². The van der Waals surface area contributed by atoms with E-state index in [1.807, 2.05) is 28.8 Å². The molecule has 1 saturated heterocycles. The lowest BCUT2D eigenvalue weighted by atomic mass is 10.0. The van der Waals surface area contributed by atoms with Gasteiger partial charge >= 0.3 is 0 Å². The van der Waals surface area contributed by atoms with Gasteiger partial charge in [0, 0.05) is 49.1 Å². The van der Waals surface area contributed by atoms with Crippen LogP contribution in [0.4, 0.5) is 4.39 Å². The third-order valence-electron chi connectivity index (χ3n) is 6.88. The topological polar surface area (TPSA) is 75.1 Å². The Bertz CT molecular complexity index is 1420. The van der Waals surface area contributed by atoms with Gasteiger partial charge in [-0.3, -0.25) is 4.40 Å². The average molecular weight is 484 g/mol. The highest BCUT2D eigenvalue weighted by Gasteiger charge is 2.28. The zero-order valence-corrected chi connectivity index (χ0v) is 19.9. The Kier molecular flexibility index (Phi) is 6.09. The smallest absolute Gasteiger partial charge is 0.140 e. The number of allylic oxidation sites excluding steroid dienone is 3. The molecule has 2 aromatic heterocycles. The van der Waals surface area contributed by atoms with E-state index in [4.69, 9.17) is 24.7 Å². The summed E-state index contributed by atoms with van der Waals surface area (Å²) in [6.07, 6.45) is 9.73. The van der Waals surface area contributed by atoms with Crippen molar-refractivity contribution < 1.29 is 13.9 Å². The Morgan fingerprint density at radius 2 is 1.86 bits per heavy atom. The molecule has 1 fully saturated rings. The van der Waals surface area contributed by atoms with E-state index in [0.29, 0.717) is 43.0 Å². The minimum Gasteiger partial charge on any atom is -0.378 e. The van der Waals surface area contributed by atoms with Crippen LogP contribution in [0.15, 0.2) is 59.5 Å². The van der Waals surface area contributed by atoms with Crippen molar-refractivity contribution in [3.8, 4) is 6.07 Å². The number of hydrogen-bond acceptors (Lipinski definition) is 6. The first kappa shape index (κ1) is 22.7. The van der Waals surface area contributed by atoms with E-state index in [0.717, 1.165) is 54.3 Å². The van der Waals surface area contributed by atoms with Gasteiger partial charge in [0.2, 0.25) is 0 Å². The molecule has 0 N–H and O–H groups in total. The third-order valence-corrected chi connectivity index (χ3v) is 6.88. The summed E-state index contributed by atoms with van der Waals surface area (Å²) in [6, 6.07) is 11.0. The van der Waals surface area contributed by atoms with Gasteiger partial charge in [0.05, 0.1) is 42.8 Å². The predicted octanol–water partition coefficient (Wildman–Crippen LogP) is 4.43. The van der Waals surface area contributed by atoms with Crippen molar-refractivity contribution in [3.63, 3.8) is 0 Å². The summed E-state index contributed by atoms with van der Waals surface area (Å²) in [5, 5.41) is 9.15. The highest BCUT2D eigenvalue weighted by Crippen LogP contribution is 2.35. The molecule has 3 aromatic rings. The summed E-state index contributed by atoms with van der Waals surface area (Å²) < 4.78 is 29.0. The Balaban J connectivity index is 1.39. The summed E-state index contributed by atoms with van der Waals surface area (Å²) in [4.78, 5) is 11.7. The van der Waals surface area contributed by atoms with Gasteiger partial charge in [0.1, 0.15) is 23.4 Å². The molecule has 3 aliphatic heterocycles. The number of imidazole rings is 1. The molecule has 182 valence electrons. The number of aliphatic imine (C=N–C) groups is 1. The number of nitrogens with zero attached hydrogens (tertiary/aromatic N) is 5. The lowest BCUT2D eigenvalue weighted by molar-refractivity contribution is 0.0530. The molecule has 1 atom stereocenters. The van der Waals surface area contributed by atoms with Gasteiger partial charge in [-0.05, 0) is 36.6 Å². The van der Waals surface area contributed by atoms with E-state index in [1.165, 1.54) is 6.07 Å². The van der Waals surface area contributed by atoms with Crippen LogP contribution in [0.25, 0.3) is 11.2 Å². The lowest BCUT2D eigenvalue weighted by Crippen LogP contribution is -2.35. The summed E-state index contributed by atoms with van der Waals surface area (Å²) in [5.74, 6) is 0.593.